The Morgan fingerprint density at radius 3 is 2.04 bits per heavy atom. The Kier molecular flexibility index (Phi) is 5.30. The third-order valence-electron chi connectivity index (χ3n) is 5.81. The fourth-order valence-corrected chi connectivity index (χ4v) is 4.57. The molecule has 0 spiro atoms. The molecular formula is C23H31N3O+2. The van der Waals surface area contributed by atoms with Crippen molar-refractivity contribution in [2.75, 3.05) is 39.3 Å². The number of nitrogens with one attached hydrogen (secondary N) is 2. The molecule has 1 atom stereocenters. The third-order valence-corrected chi connectivity index (χ3v) is 5.81. The van der Waals surface area contributed by atoms with Crippen molar-refractivity contribution in [1.29, 1.82) is 0 Å². The van der Waals surface area contributed by atoms with Gasteiger partial charge in [0, 0.05) is 21.8 Å². The van der Waals surface area contributed by atoms with Gasteiger partial charge in [0.05, 0.1) is 13.1 Å². The van der Waals surface area contributed by atoms with Gasteiger partial charge in [-0.3, -0.25) is 0 Å². The smallest absolute Gasteiger partial charge is 0.127 e. The average Bonchev–Trinajstić information content (AvgIpc) is 2.97. The number of aromatic nitrogens is 1. The van der Waals surface area contributed by atoms with Crippen molar-refractivity contribution < 1.29 is 14.9 Å². The van der Waals surface area contributed by atoms with Gasteiger partial charge in [0.25, 0.3) is 0 Å². The molecule has 1 aliphatic heterocycles. The summed E-state index contributed by atoms with van der Waals surface area (Å²) >= 11 is 0. The molecule has 0 radical (unpaired) electrons. The summed E-state index contributed by atoms with van der Waals surface area (Å²) in [6, 6.07) is 17.0. The molecule has 1 unspecified atom stereocenters. The number of nitrogens with zero attached hydrogens (tertiary/aromatic N) is 1. The Morgan fingerprint density at radius 2 is 1.48 bits per heavy atom. The quantitative estimate of drug-likeness (QED) is 0.547. The van der Waals surface area contributed by atoms with Crippen LogP contribution in [0.25, 0.3) is 21.8 Å². The molecule has 0 amide bonds. The van der Waals surface area contributed by atoms with Crippen LogP contribution in [0, 0.1) is 0 Å². The molecule has 1 aromatic heterocycles. The van der Waals surface area contributed by atoms with Gasteiger partial charge in [0.15, 0.2) is 0 Å². The summed E-state index contributed by atoms with van der Waals surface area (Å²) in [7, 11) is 0. The number of aliphatic hydroxyl groups is 1. The van der Waals surface area contributed by atoms with E-state index in [9.17, 15) is 5.11 Å². The van der Waals surface area contributed by atoms with Crippen LogP contribution in [0.4, 0.5) is 0 Å². The highest BCUT2D eigenvalue weighted by Crippen LogP contribution is 2.28. The molecule has 142 valence electrons. The first kappa shape index (κ1) is 18.2. The lowest BCUT2D eigenvalue weighted by molar-refractivity contribution is -1.01. The Hall–Kier alpha value is -2.14. The van der Waals surface area contributed by atoms with E-state index < -0.39 is 0 Å². The highest BCUT2D eigenvalue weighted by Gasteiger charge is 2.25. The first-order valence-electron chi connectivity index (χ1n) is 10.1. The highest BCUT2D eigenvalue weighted by atomic mass is 16.3. The summed E-state index contributed by atoms with van der Waals surface area (Å²) in [5, 5.41) is 13.4. The summed E-state index contributed by atoms with van der Waals surface area (Å²) in [6.07, 6.45) is -0.332. The molecule has 4 rings (SSSR count). The minimum Gasteiger partial charge on any atom is -0.385 e. The predicted octanol–water partition coefficient (Wildman–Crippen LogP) is 0.515. The summed E-state index contributed by atoms with van der Waals surface area (Å²) < 4.78 is 2.29. The van der Waals surface area contributed by atoms with E-state index in [1.807, 2.05) is 0 Å². The number of hydrogen-bond acceptors (Lipinski definition) is 1. The van der Waals surface area contributed by atoms with Crippen molar-refractivity contribution in [2.45, 2.75) is 19.6 Å². The molecule has 27 heavy (non-hydrogen) atoms. The number of aliphatic hydroxyl groups excluding tert-OH is 1. The lowest BCUT2D eigenvalue weighted by Crippen LogP contribution is -3.28. The molecule has 0 saturated carbocycles. The second-order valence-electron chi connectivity index (χ2n) is 8.14. The van der Waals surface area contributed by atoms with Crippen molar-refractivity contribution >= 4 is 21.8 Å². The van der Waals surface area contributed by atoms with Gasteiger partial charge in [0.2, 0.25) is 0 Å². The molecule has 0 aliphatic carbocycles. The van der Waals surface area contributed by atoms with E-state index in [0.717, 1.165) is 26.2 Å². The molecule has 1 fully saturated rings. The van der Waals surface area contributed by atoms with Gasteiger partial charge in [-0.15, -0.1) is 0 Å². The molecule has 4 nitrogen and oxygen atoms in total. The molecule has 2 aromatic carbocycles. The summed E-state index contributed by atoms with van der Waals surface area (Å²) in [5.41, 5.74) is 3.69. The van der Waals surface area contributed by atoms with E-state index in [2.05, 4.69) is 66.6 Å². The maximum atomic E-state index is 10.8. The zero-order chi connectivity index (χ0) is 18.8. The first-order chi connectivity index (χ1) is 13.1. The Balaban J connectivity index is 1.46. The van der Waals surface area contributed by atoms with Crippen molar-refractivity contribution in [1.82, 2.24) is 4.57 Å². The van der Waals surface area contributed by atoms with E-state index in [-0.39, 0.29) is 6.10 Å². The number of hydrogen-bond donors (Lipinski definition) is 3. The zero-order valence-corrected chi connectivity index (χ0v) is 16.2. The third kappa shape index (κ3) is 3.93. The van der Waals surface area contributed by atoms with Gasteiger partial charge in [-0.25, -0.2) is 0 Å². The number of rotatable bonds is 6. The van der Waals surface area contributed by atoms with Gasteiger partial charge in [-0.1, -0.05) is 43.0 Å². The Morgan fingerprint density at radius 1 is 0.963 bits per heavy atom. The minimum atomic E-state index is -0.332. The van der Waals surface area contributed by atoms with E-state index in [4.69, 9.17) is 0 Å². The van der Waals surface area contributed by atoms with E-state index in [0.29, 0.717) is 6.54 Å². The molecule has 3 N–H and O–H groups in total. The van der Waals surface area contributed by atoms with Crippen LogP contribution < -0.4 is 9.80 Å². The van der Waals surface area contributed by atoms with E-state index in [1.54, 1.807) is 4.90 Å². The monoisotopic (exact) mass is 365 g/mol. The molecule has 0 bridgehead atoms. The van der Waals surface area contributed by atoms with Gasteiger partial charge in [0.1, 0.15) is 38.8 Å². The van der Waals surface area contributed by atoms with Crippen LogP contribution in [0.2, 0.25) is 0 Å². The van der Waals surface area contributed by atoms with Crippen LogP contribution in [0.15, 0.2) is 60.7 Å². The maximum absolute atomic E-state index is 10.8. The molecule has 3 aromatic rings. The molecular weight excluding hydrogens is 334 g/mol. The Bertz CT molecular complexity index is 884. The van der Waals surface area contributed by atoms with Crippen LogP contribution in [0.5, 0.6) is 0 Å². The highest BCUT2D eigenvalue weighted by molar-refractivity contribution is 6.07. The SMILES string of the molecule is C=C(C)C[NH+]1CC[NH+](CC(O)Cn2c3ccccc3c3ccccc32)CC1. The first-order valence-corrected chi connectivity index (χ1v) is 10.1. The summed E-state index contributed by atoms with van der Waals surface area (Å²) in [4.78, 5) is 3.15. The van der Waals surface area contributed by atoms with Crippen LogP contribution in [-0.2, 0) is 6.54 Å². The summed E-state index contributed by atoms with van der Waals surface area (Å²) in [5.74, 6) is 0. The molecule has 4 heteroatoms. The fourth-order valence-electron chi connectivity index (χ4n) is 4.57. The molecule has 2 heterocycles. The Labute approximate surface area is 161 Å². The lowest BCUT2D eigenvalue weighted by Gasteiger charge is -2.31. The predicted molar refractivity (Wildman–Crippen MR) is 111 cm³/mol. The van der Waals surface area contributed by atoms with Crippen molar-refractivity contribution in [3.8, 4) is 0 Å². The fraction of sp³-hybridized carbons (Fsp3) is 0.391. The van der Waals surface area contributed by atoms with E-state index in [1.165, 1.54) is 45.4 Å². The van der Waals surface area contributed by atoms with Crippen molar-refractivity contribution in [3.05, 3.63) is 60.7 Å². The zero-order valence-electron chi connectivity index (χ0n) is 16.2. The number of quaternary nitrogens is 2. The number of fused-ring (bicyclic) bond motifs is 3. The normalized spacial score (nSPS) is 21.6. The lowest BCUT2D eigenvalue weighted by atomic mass is 10.2. The number of piperazine rings is 1. The van der Waals surface area contributed by atoms with Crippen LogP contribution in [-0.4, -0.2) is 55.0 Å². The second-order valence-corrected chi connectivity index (χ2v) is 8.14. The van der Waals surface area contributed by atoms with Crippen LogP contribution >= 0.6 is 0 Å². The van der Waals surface area contributed by atoms with Crippen molar-refractivity contribution in [2.24, 2.45) is 0 Å². The molecule has 1 aliphatic rings. The standard InChI is InChI=1S/C23H29N3O/c1-18(2)15-24-11-13-25(14-12-24)16-19(27)17-26-22-9-5-3-7-20(22)21-8-4-6-10-23(21)26/h3-10,19,27H,1,11-17H2,2H3/p+2. The van der Waals surface area contributed by atoms with Gasteiger partial charge in [-0.2, -0.15) is 0 Å². The van der Waals surface area contributed by atoms with Crippen LogP contribution in [0.1, 0.15) is 6.92 Å². The number of benzene rings is 2. The van der Waals surface area contributed by atoms with Crippen LogP contribution in [0.3, 0.4) is 0 Å². The topological polar surface area (TPSA) is 34.0 Å². The average molecular weight is 366 g/mol. The largest absolute Gasteiger partial charge is 0.385 e. The molecule has 1 saturated heterocycles. The maximum Gasteiger partial charge on any atom is 0.127 e. The van der Waals surface area contributed by atoms with Gasteiger partial charge < -0.3 is 19.5 Å². The van der Waals surface area contributed by atoms with Gasteiger partial charge >= 0.3 is 0 Å². The second kappa shape index (κ2) is 7.85. The van der Waals surface area contributed by atoms with E-state index >= 15 is 0 Å². The summed E-state index contributed by atoms with van der Waals surface area (Å²) in [6.45, 7) is 13.3. The van der Waals surface area contributed by atoms with Gasteiger partial charge in [-0.05, 0) is 24.6 Å². The van der Waals surface area contributed by atoms with Crippen molar-refractivity contribution in [3.63, 3.8) is 0 Å². The number of para-hydroxylation sites is 2. The minimum absolute atomic E-state index is 0.332.